The molecule has 0 aliphatic carbocycles. The minimum atomic E-state index is -0.830. The van der Waals surface area contributed by atoms with Crippen LogP contribution in [0.15, 0.2) is 10.3 Å². The Hall–Kier alpha value is -0.910. The molecule has 0 N–H and O–H groups in total. The molecule has 0 radical (unpaired) electrons. The maximum atomic E-state index is 10.5. The number of rotatable bonds is 1. The highest BCUT2D eigenvalue weighted by Crippen LogP contribution is 2.03. The molecule has 0 fully saturated rings. The van der Waals surface area contributed by atoms with Gasteiger partial charge in [0.1, 0.15) is 0 Å². The van der Waals surface area contributed by atoms with Crippen molar-refractivity contribution in [3.8, 4) is 0 Å². The van der Waals surface area contributed by atoms with Crippen molar-refractivity contribution in [3.05, 3.63) is 0 Å². The molecule has 1 heterocycles. The van der Waals surface area contributed by atoms with E-state index in [1.54, 1.807) is 0 Å². The number of amides is 2. The zero-order valence-corrected chi connectivity index (χ0v) is 5.21. The summed E-state index contributed by atoms with van der Waals surface area (Å²) in [4.78, 5) is 20.7. The second-order valence-electron chi connectivity index (χ2n) is 1.34. The van der Waals surface area contributed by atoms with Crippen LogP contribution in [0.5, 0.6) is 0 Å². The molecular weight excluding hydrogens is 142 g/mol. The van der Waals surface area contributed by atoms with Gasteiger partial charge in [0.15, 0.2) is 0 Å². The summed E-state index contributed by atoms with van der Waals surface area (Å²) in [5.74, 6) is -1.46. The van der Waals surface area contributed by atoms with Gasteiger partial charge in [-0.3, -0.25) is 9.59 Å². The molecule has 0 aromatic heterocycles. The van der Waals surface area contributed by atoms with E-state index in [1.165, 1.54) is 0 Å². The molecule has 48 valence electrons. The van der Waals surface area contributed by atoms with Gasteiger partial charge in [-0.15, -0.1) is 0 Å². The van der Waals surface area contributed by atoms with E-state index in [1.807, 2.05) is 0 Å². The van der Waals surface area contributed by atoms with Crippen molar-refractivity contribution in [3.63, 3.8) is 0 Å². The van der Waals surface area contributed by atoms with Gasteiger partial charge in [-0.2, -0.15) is 17.6 Å². The van der Waals surface area contributed by atoms with Crippen LogP contribution in [0.3, 0.4) is 0 Å². The van der Waals surface area contributed by atoms with Crippen molar-refractivity contribution >= 4 is 24.4 Å². The fraction of sp³-hybridized carbons (Fsp3) is 0.333. The van der Waals surface area contributed by atoms with Gasteiger partial charge in [-0.1, -0.05) is 10.3 Å². The summed E-state index contributed by atoms with van der Waals surface area (Å²) in [7, 11) is 0. The molecule has 1 aliphatic rings. The standard InChI is InChI=1S/C3H3N3O2S/c7-2-3(8)6(1-9)5-4-2/h9H,1H2. The third kappa shape index (κ3) is 0.925. The Morgan fingerprint density at radius 2 is 2.22 bits per heavy atom. The highest BCUT2D eigenvalue weighted by atomic mass is 32.1. The quantitative estimate of drug-likeness (QED) is 0.403. The van der Waals surface area contributed by atoms with Gasteiger partial charge in [0.25, 0.3) is 0 Å². The maximum absolute atomic E-state index is 10.5. The van der Waals surface area contributed by atoms with Crippen LogP contribution in [0.25, 0.3) is 0 Å². The molecular formula is C3H3N3O2S. The van der Waals surface area contributed by atoms with Gasteiger partial charge < -0.3 is 0 Å². The summed E-state index contributed by atoms with van der Waals surface area (Å²) < 4.78 is 0. The summed E-state index contributed by atoms with van der Waals surface area (Å²) in [6, 6.07) is 0. The number of nitrogens with zero attached hydrogens (tertiary/aromatic N) is 3. The average molecular weight is 145 g/mol. The minimum Gasteiger partial charge on any atom is -0.261 e. The van der Waals surface area contributed by atoms with Gasteiger partial charge in [-0.05, 0) is 0 Å². The first-order valence-electron chi connectivity index (χ1n) is 2.14. The molecule has 0 aromatic carbocycles. The lowest BCUT2D eigenvalue weighted by atomic mass is 10.6. The topological polar surface area (TPSA) is 62.1 Å². The van der Waals surface area contributed by atoms with E-state index in [0.717, 1.165) is 5.01 Å². The molecule has 0 bridgehead atoms. The number of hydrogen-bond acceptors (Lipinski definition) is 4. The molecule has 9 heavy (non-hydrogen) atoms. The van der Waals surface area contributed by atoms with Gasteiger partial charge in [0, 0.05) is 0 Å². The van der Waals surface area contributed by atoms with Crippen LogP contribution in [0.1, 0.15) is 0 Å². The molecule has 5 nitrogen and oxygen atoms in total. The lowest BCUT2D eigenvalue weighted by Gasteiger charge is -2.00. The van der Waals surface area contributed by atoms with Crippen LogP contribution in [0.2, 0.25) is 0 Å². The molecule has 0 spiro atoms. The number of carbonyl (C=O) groups excluding carboxylic acids is 2. The zero-order valence-electron chi connectivity index (χ0n) is 4.31. The first-order valence-corrected chi connectivity index (χ1v) is 2.77. The molecule has 0 unspecified atom stereocenters. The Labute approximate surface area is 56.1 Å². The van der Waals surface area contributed by atoms with Gasteiger partial charge in [-0.25, -0.2) is 0 Å². The van der Waals surface area contributed by atoms with Crippen LogP contribution in [-0.2, 0) is 9.59 Å². The first-order chi connectivity index (χ1) is 4.25. The number of hydrogen-bond donors (Lipinski definition) is 1. The fourth-order valence-electron chi connectivity index (χ4n) is 0.381. The Kier molecular flexibility index (Phi) is 1.48. The third-order valence-electron chi connectivity index (χ3n) is 0.795. The Balaban J connectivity index is 2.73. The van der Waals surface area contributed by atoms with E-state index in [4.69, 9.17) is 0 Å². The molecule has 1 rings (SSSR count). The predicted octanol–water partition coefficient (Wildman–Crippen LogP) is -0.390. The minimum absolute atomic E-state index is 0.0913. The summed E-state index contributed by atoms with van der Waals surface area (Å²) in [5, 5.41) is 7.06. The van der Waals surface area contributed by atoms with Crippen LogP contribution in [-0.4, -0.2) is 22.7 Å². The average Bonchev–Trinajstić information content (AvgIpc) is 2.15. The SMILES string of the molecule is O=C1N=NN(CS)C1=O. The van der Waals surface area contributed by atoms with Crippen molar-refractivity contribution < 1.29 is 9.59 Å². The zero-order chi connectivity index (χ0) is 6.85. The molecule has 1 aliphatic heterocycles. The van der Waals surface area contributed by atoms with Gasteiger partial charge in [0.05, 0.1) is 5.88 Å². The predicted molar refractivity (Wildman–Crippen MR) is 30.6 cm³/mol. The Morgan fingerprint density at radius 1 is 1.56 bits per heavy atom. The lowest BCUT2D eigenvalue weighted by molar-refractivity contribution is -0.140. The van der Waals surface area contributed by atoms with Crippen molar-refractivity contribution in [2.45, 2.75) is 0 Å². The van der Waals surface area contributed by atoms with Crippen LogP contribution >= 0.6 is 12.6 Å². The normalized spacial score (nSPS) is 17.7. The van der Waals surface area contributed by atoms with Crippen molar-refractivity contribution in [1.82, 2.24) is 5.01 Å². The summed E-state index contributed by atoms with van der Waals surface area (Å²) in [6.45, 7) is 0. The highest BCUT2D eigenvalue weighted by molar-refractivity contribution is 7.80. The van der Waals surface area contributed by atoms with Crippen LogP contribution in [0, 0.1) is 0 Å². The fourth-order valence-corrected chi connectivity index (χ4v) is 0.566. The van der Waals surface area contributed by atoms with Crippen molar-refractivity contribution in [1.29, 1.82) is 0 Å². The third-order valence-corrected chi connectivity index (χ3v) is 1.06. The van der Waals surface area contributed by atoms with E-state index in [2.05, 4.69) is 23.0 Å². The van der Waals surface area contributed by atoms with Gasteiger partial charge in [0.2, 0.25) is 0 Å². The van der Waals surface area contributed by atoms with E-state index in [-0.39, 0.29) is 5.88 Å². The smallest absolute Gasteiger partial charge is 0.261 e. The van der Waals surface area contributed by atoms with E-state index in [9.17, 15) is 9.59 Å². The highest BCUT2D eigenvalue weighted by Gasteiger charge is 2.26. The van der Waals surface area contributed by atoms with E-state index < -0.39 is 11.8 Å². The maximum Gasteiger partial charge on any atom is 0.356 e. The van der Waals surface area contributed by atoms with Gasteiger partial charge >= 0.3 is 11.8 Å². The van der Waals surface area contributed by atoms with E-state index in [0.29, 0.717) is 0 Å². The first kappa shape index (κ1) is 6.21. The Morgan fingerprint density at radius 3 is 2.44 bits per heavy atom. The molecule has 6 heteroatoms. The second kappa shape index (κ2) is 2.14. The summed E-state index contributed by atoms with van der Waals surface area (Å²) >= 11 is 3.71. The second-order valence-corrected chi connectivity index (χ2v) is 1.62. The lowest BCUT2D eigenvalue weighted by Crippen LogP contribution is -2.24. The van der Waals surface area contributed by atoms with Crippen molar-refractivity contribution in [2.24, 2.45) is 10.3 Å². The van der Waals surface area contributed by atoms with Crippen molar-refractivity contribution in [2.75, 3.05) is 5.88 Å². The molecule has 0 saturated carbocycles. The molecule has 0 aromatic rings. The Bertz CT molecular complexity index is 189. The summed E-state index contributed by atoms with van der Waals surface area (Å²) in [6.07, 6.45) is 0. The van der Waals surface area contributed by atoms with E-state index >= 15 is 0 Å². The molecule has 0 atom stereocenters. The number of carbonyl (C=O) groups is 2. The number of thiol groups is 1. The summed E-state index contributed by atoms with van der Waals surface area (Å²) in [5.41, 5.74) is 0. The molecule has 2 amide bonds. The molecule has 0 saturated heterocycles. The monoisotopic (exact) mass is 145 g/mol. The largest absolute Gasteiger partial charge is 0.356 e. The van der Waals surface area contributed by atoms with Crippen LogP contribution in [0.4, 0.5) is 0 Å². The van der Waals surface area contributed by atoms with Crippen LogP contribution < -0.4 is 0 Å².